The Balaban J connectivity index is 0.000000471. The molecule has 24 heavy (non-hydrogen) atoms. The van der Waals surface area contributed by atoms with Crippen LogP contribution in [0.2, 0.25) is 0 Å². The third kappa shape index (κ3) is 4.55. The molecule has 5 nitrogen and oxygen atoms in total. The number of oxime groups is 1. The molecule has 1 N–H and O–H groups in total. The van der Waals surface area contributed by atoms with Crippen LogP contribution in [0.3, 0.4) is 0 Å². The summed E-state index contributed by atoms with van der Waals surface area (Å²) in [6.07, 6.45) is 2.35. The second kappa shape index (κ2) is 8.23. The van der Waals surface area contributed by atoms with Gasteiger partial charge in [-0.25, -0.2) is 8.42 Å². The monoisotopic (exact) mass is 412 g/mol. The minimum Gasteiger partial charge on any atom is -0.411 e. The van der Waals surface area contributed by atoms with E-state index in [2.05, 4.69) is 5.16 Å². The van der Waals surface area contributed by atoms with Crippen molar-refractivity contribution < 1.29 is 13.6 Å². The Kier molecular flexibility index (Phi) is 6.79. The van der Waals surface area contributed by atoms with Crippen molar-refractivity contribution in [2.24, 2.45) is 11.1 Å². The predicted molar refractivity (Wildman–Crippen MR) is 96.8 cm³/mol. The Labute approximate surface area is 157 Å². The topological polar surface area (TPSA) is 70.0 Å². The number of rotatable bonds is 2. The molecule has 1 heterocycles. The summed E-state index contributed by atoms with van der Waals surface area (Å²) < 4.78 is 26.2. The van der Waals surface area contributed by atoms with Gasteiger partial charge in [-0.3, -0.25) is 0 Å². The minimum atomic E-state index is -3.51. The van der Waals surface area contributed by atoms with Crippen molar-refractivity contribution in [1.29, 1.82) is 0 Å². The van der Waals surface area contributed by atoms with E-state index in [0.717, 1.165) is 18.4 Å². The summed E-state index contributed by atoms with van der Waals surface area (Å²) in [5, 5.41) is 12.4. The second-order valence-corrected chi connectivity index (χ2v) is 9.75. The number of hydrogen-bond acceptors (Lipinski definition) is 4. The summed E-state index contributed by atoms with van der Waals surface area (Å²) in [5.74, 6) is 0.380. The van der Waals surface area contributed by atoms with Gasteiger partial charge in [0.1, 0.15) is 0 Å². The number of benzene rings is 1. The van der Waals surface area contributed by atoms with E-state index < -0.39 is 14.3 Å². The molecule has 2 atom stereocenters. The molecular weight excluding hydrogens is 395 g/mol. The van der Waals surface area contributed by atoms with Gasteiger partial charge in [0.2, 0.25) is 10.0 Å². The SMILES string of the molecule is Cc1ccc(S(=O)(=O)N2C[C@H]3CC/C(=N\O)[C@@H]2C3)cc1.ClC(Cl)Cl. The van der Waals surface area contributed by atoms with Crippen LogP contribution in [0.4, 0.5) is 0 Å². The van der Waals surface area contributed by atoms with Gasteiger partial charge in [-0.15, -0.1) is 0 Å². The normalized spacial score (nSPS) is 25.6. The zero-order valence-corrected chi connectivity index (χ0v) is 16.2. The van der Waals surface area contributed by atoms with Gasteiger partial charge in [0.05, 0.1) is 16.6 Å². The predicted octanol–water partition coefficient (Wildman–Crippen LogP) is 3.98. The largest absolute Gasteiger partial charge is 0.411 e. The van der Waals surface area contributed by atoms with Crippen LogP contribution in [-0.2, 0) is 10.0 Å². The lowest BCUT2D eigenvalue weighted by Crippen LogP contribution is -2.40. The molecule has 1 aromatic carbocycles. The van der Waals surface area contributed by atoms with Crippen LogP contribution in [0.25, 0.3) is 0 Å². The fraction of sp³-hybridized carbons (Fsp3) is 0.533. The molecule has 2 bridgehead atoms. The first-order valence-corrected chi connectivity index (χ1v) is 10.2. The van der Waals surface area contributed by atoms with E-state index in [1.807, 2.05) is 6.92 Å². The van der Waals surface area contributed by atoms with E-state index in [0.29, 0.717) is 29.5 Å². The first kappa shape index (κ1) is 19.8. The smallest absolute Gasteiger partial charge is 0.243 e. The summed E-state index contributed by atoms with van der Waals surface area (Å²) in [6.45, 7) is 2.45. The van der Waals surface area contributed by atoms with Gasteiger partial charge in [-0.05, 0) is 44.2 Å². The number of alkyl halides is 3. The zero-order chi connectivity index (χ0) is 17.9. The van der Waals surface area contributed by atoms with Crippen molar-refractivity contribution in [3.05, 3.63) is 29.8 Å². The highest BCUT2D eigenvalue weighted by atomic mass is 35.6. The third-order valence-corrected chi connectivity index (χ3v) is 6.18. The van der Waals surface area contributed by atoms with Gasteiger partial charge in [0.25, 0.3) is 0 Å². The molecule has 134 valence electrons. The van der Waals surface area contributed by atoms with Crippen molar-refractivity contribution in [1.82, 2.24) is 4.31 Å². The number of halogens is 3. The van der Waals surface area contributed by atoms with Crippen molar-refractivity contribution in [3.8, 4) is 0 Å². The lowest BCUT2D eigenvalue weighted by molar-refractivity contribution is 0.309. The first-order valence-electron chi connectivity index (χ1n) is 7.47. The highest BCUT2D eigenvalue weighted by molar-refractivity contribution is 7.89. The van der Waals surface area contributed by atoms with Gasteiger partial charge < -0.3 is 5.21 Å². The highest BCUT2D eigenvalue weighted by Gasteiger charge is 2.45. The minimum absolute atomic E-state index is 0.273. The lowest BCUT2D eigenvalue weighted by Gasteiger charge is -2.24. The Morgan fingerprint density at radius 3 is 2.38 bits per heavy atom. The molecule has 2 fully saturated rings. The van der Waals surface area contributed by atoms with Crippen molar-refractivity contribution >= 4 is 50.5 Å². The molecule has 1 saturated heterocycles. The van der Waals surface area contributed by atoms with E-state index in [-0.39, 0.29) is 6.04 Å². The summed E-state index contributed by atoms with van der Waals surface area (Å²) in [4.78, 5) is 0.313. The van der Waals surface area contributed by atoms with E-state index in [1.54, 1.807) is 24.3 Å². The van der Waals surface area contributed by atoms with Gasteiger partial charge in [-0.1, -0.05) is 57.7 Å². The Morgan fingerprint density at radius 1 is 1.25 bits per heavy atom. The fourth-order valence-electron chi connectivity index (χ4n) is 3.15. The number of hydrogen-bond donors (Lipinski definition) is 1. The molecule has 0 aromatic heterocycles. The number of sulfonamides is 1. The summed E-state index contributed by atoms with van der Waals surface area (Å²) in [5.41, 5.74) is 1.62. The van der Waals surface area contributed by atoms with Crippen LogP contribution in [0.15, 0.2) is 34.3 Å². The van der Waals surface area contributed by atoms with E-state index >= 15 is 0 Å². The quantitative estimate of drug-likeness (QED) is 0.453. The van der Waals surface area contributed by atoms with Crippen molar-refractivity contribution in [2.45, 2.75) is 41.4 Å². The molecule has 0 amide bonds. The maximum absolute atomic E-state index is 12.7. The van der Waals surface area contributed by atoms with E-state index in [9.17, 15) is 8.42 Å². The second-order valence-electron chi connectivity index (χ2n) is 5.88. The molecular formula is C15H19Cl3N2O3S. The molecule has 1 aliphatic heterocycles. The summed E-state index contributed by atoms with van der Waals surface area (Å²) in [7, 11) is -3.51. The van der Waals surface area contributed by atoms with E-state index in [1.165, 1.54) is 4.31 Å². The van der Waals surface area contributed by atoms with Crippen LogP contribution in [0, 0.1) is 12.8 Å². The molecule has 1 aromatic rings. The molecule has 9 heteroatoms. The van der Waals surface area contributed by atoms with Crippen LogP contribution < -0.4 is 0 Å². The zero-order valence-electron chi connectivity index (χ0n) is 13.1. The molecule has 0 radical (unpaired) electrons. The van der Waals surface area contributed by atoms with Crippen LogP contribution in [0.1, 0.15) is 24.8 Å². The van der Waals surface area contributed by atoms with Gasteiger partial charge in [0.15, 0.2) is 4.30 Å². The van der Waals surface area contributed by atoms with Gasteiger partial charge in [-0.2, -0.15) is 4.31 Å². The first-order chi connectivity index (χ1) is 11.3. The van der Waals surface area contributed by atoms with E-state index in [4.69, 9.17) is 40.0 Å². The fourth-order valence-corrected chi connectivity index (χ4v) is 4.85. The van der Waals surface area contributed by atoms with Crippen LogP contribution in [-0.4, -0.2) is 40.5 Å². The van der Waals surface area contributed by atoms with Gasteiger partial charge in [0, 0.05) is 6.54 Å². The van der Waals surface area contributed by atoms with Crippen LogP contribution >= 0.6 is 34.8 Å². The number of fused-ring (bicyclic) bond motifs is 2. The van der Waals surface area contributed by atoms with Crippen LogP contribution in [0.5, 0.6) is 0 Å². The van der Waals surface area contributed by atoms with Crippen molar-refractivity contribution in [2.75, 3.05) is 6.54 Å². The Hall–Kier alpha value is -0.530. The molecule has 0 spiro atoms. The number of aryl methyl sites for hydroxylation is 1. The standard InChI is InChI=1S/C14H18N2O3S.CHCl3/c1-10-2-5-12(6-3-10)20(18,19)16-9-11-4-7-13(15-17)14(16)8-11;2-1(3)4/h2-3,5-6,11,14,17H,4,7-9H2,1H3;1H/b15-13+;/t11-,14-;/m0./s1. The van der Waals surface area contributed by atoms with Gasteiger partial charge >= 0.3 is 0 Å². The summed E-state index contributed by atoms with van der Waals surface area (Å²) >= 11 is 14.4. The Bertz CT molecular complexity index is 690. The molecule has 0 unspecified atom stereocenters. The molecule has 1 saturated carbocycles. The Morgan fingerprint density at radius 2 is 1.83 bits per heavy atom. The molecule has 3 rings (SSSR count). The average Bonchev–Trinajstić information content (AvgIpc) is 2.86. The van der Waals surface area contributed by atoms with Crippen molar-refractivity contribution in [3.63, 3.8) is 0 Å². The average molecular weight is 414 g/mol. The molecule has 2 aliphatic rings. The summed E-state index contributed by atoms with van der Waals surface area (Å²) in [6, 6.07) is 6.61. The maximum atomic E-state index is 12.7. The maximum Gasteiger partial charge on any atom is 0.243 e. The number of nitrogens with zero attached hydrogens (tertiary/aromatic N) is 2. The highest BCUT2D eigenvalue weighted by Crippen LogP contribution is 2.37. The third-order valence-electron chi connectivity index (χ3n) is 4.29. The molecule has 1 aliphatic carbocycles. The lowest BCUT2D eigenvalue weighted by atomic mass is 9.89.